The number of piperazine rings is 1. The van der Waals surface area contributed by atoms with Crippen LogP contribution in [0.3, 0.4) is 0 Å². The second kappa shape index (κ2) is 11.6. The number of aryl methyl sites for hydroxylation is 1. The molecule has 1 aliphatic heterocycles. The van der Waals surface area contributed by atoms with E-state index in [0.717, 1.165) is 5.56 Å². The second-order valence-corrected chi connectivity index (χ2v) is 9.24. The molecule has 0 aliphatic carbocycles. The second-order valence-electron chi connectivity index (χ2n) is 8.80. The van der Waals surface area contributed by atoms with Crippen LogP contribution in [0.2, 0.25) is 5.02 Å². The highest BCUT2D eigenvalue weighted by Crippen LogP contribution is 2.34. The van der Waals surface area contributed by atoms with E-state index in [9.17, 15) is 14.7 Å². The Bertz CT molecular complexity index is 1250. The molecule has 0 radical (unpaired) electrons. The lowest BCUT2D eigenvalue weighted by Crippen LogP contribution is -2.52. The fourth-order valence-electron chi connectivity index (χ4n) is 4.48. The van der Waals surface area contributed by atoms with Gasteiger partial charge in [0.05, 0.1) is 35.7 Å². The number of carbonyl (C=O) groups is 2. The molecule has 0 spiro atoms. The highest BCUT2D eigenvalue weighted by atomic mass is 35.5. The third-order valence-corrected chi connectivity index (χ3v) is 6.49. The number of hydrogen-bond donors (Lipinski definition) is 2. The molecular weight excluding hydrogens is 480 g/mol. The molecule has 1 aromatic carbocycles. The standard InChI is InChI=1S/C27H29ClN4O4/c1-17-14-30-10-11-32(17)26(33)23-18(2)31-22(16-36-12-8-19-5-4-9-29-15-19)25(27(34)35)24(23)20-6-3-7-21(28)13-20/h3-7,9,13,15,17,30H,8,10-12,14,16H2,1-2H3,(H,34,35). The van der Waals surface area contributed by atoms with Crippen LogP contribution in [0.15, 0.2) is 48.8 Å². The van der Waals surface area contributed by atoms with E-state index >= 15 is 0 Å². The van der Waals surface area contributed by atoms with Crippen LogP contribution in [0.1, 0.15) is 44.6 Å². The molecule has 8 nitrogen and oxygen atoms in total. The predicted molar refractivity (Wildman–Crippen MR) is 137 cm³/mol. The zero-order chi connectivity index (χ0) is 25.7. The number of hydrogen-bond acceptors (Lipinski definition) is 6. The molecule has 1 amide bonds. The number of aromatic carboxylic acids is 1. The lowest BCUT2D eigenvalue weighted by Gasteiger charge is -2.35. The SMILES string of the molecule is Cc1nc(COCCc2cccnc2)c(C(=O)O)c(-c2cccc(Cl)c2)c1C(=O)N1CCNCC1C. The number of carboxylic acid groups (broad SMARTS) is 1. The Balaban J connectivity index is 1.75. The Kier molecular flexibility index (Phi) is 8.30. The van der Waals surface area contributed by atoms with E-state index < -0.39 is 5.97 Å². The average molecular weight is 509 g/mol. The first-order valence-electron chi connectivity index (χ1n) is 11.9. The molecule has 0 saturated carbocycles. The highest BCUT2D eigenvalue weighted by Gasteiger charge is 2.32. The molecule has 1 saturated heterocycles. The number of rotatable bonds is 8. The quantitative estimate of drug-likeness (QED) is 0.443. The summed E-state index contributed by atoms with van der Waals surface area (Å²) >= 11 is 6.27. The van der Waals surface area contributed by atoms with Gasteiger partial charge in [-0.2, -0.15) is 0 Å². The Morgan fingerprint density at radius 2 is 2.08 bits per heavy atom. The van der Waals surface area contributed by atoms with Crippen molar-refractivity contribution < 1.29 is 19.4 Å². The summed E-state index contributed by atoms with van der Waals surface area (Å²) in [5, 5.41) is 14.0. The number of carboxylic acids is 1. The van der Waals surface area contributed by atoms with E-state index in [-0.39, 0.29) is 35.4 Å². The van der Waals surface area contributed by atoms with Crippen molar-refractivity contribution in [3.05, 3.63) is 81.9 Å². The van der Waals surface area contributed by atoms with E-state index in [1.54, 1.807) is 48.5 Å². The summed E-state index contributed by atoms with van der Waals surface area (Å²) in [6, 6.07) is 10.7. The summed E-state index contributed by atoms with van der Waals surface area (Å²) < 4.78 is 5.83. The van der Waals surface area contributed by atoms with Crippen LogP contribution >= 0.6 is 11.6 Å². The van der Waals surface area contributed by atoms with Gasteiger partial charge in [-0.15, -0.1) is 0 Å². The maximum atomic E-state index is 13.8. The first-order chi connectivity index (χ1) is 17.4. The molecule has 3 heterocycles. The predicted octanol–water partition coefficient (Wildman–Crippen LogP) is 4.00. The van der Waals surface area contributed by atoms with Crippen molar-refractivity contribution in [3.63, 3.8) is 0 Å². The first kappa shape index (κ1) is 25.8. The van der Waals surface area contributed by atoms with Gasteiger partial charge in [0.15, 0.2) is 0 Å². The molecule has 4 rings (SSSR count). The zero-order valence-electron chi connectivity index (χ0n) is 20.3. The van der Waals surface area contributed by atoms with Gasteiger partial charge < -0.3 is 20.1 Å². The van der Waals surface area contributed by atoms with Crippen molar-refractivity contribution in [1.29, 1.82) is 0 Å². The molecule has 1 unspecified atom stereocenters. The Labute approximate surface area is 215 Å². The van der Waals surface area contributed by atoms with Crippen LogP contribution in [0.4, 0.5) is 0 Å². The molecule has 1 atom stereocenters. The summed E-state index contributed by atoms with van der Waals surface area (Å²) in [6.07, 6.45) is 4.11. The van der Waals surface area contributed by atoms with Crippen LogP contribution < -0.4 is 5.32 Å². The van der Waals surface area contributed by atoms with Gasteiger partial charge in [0.25, 0.3) is 5.91 Å². The maximum Gasteiger partial charge on any atom is 0.338 e. The van der Waals surface area contributed by atoms with Crippen LogP contribution in [0.25, 0.3) is 11.1 Å². The monoisotopic (exact) mass is 508 g/mol. The molecule has 1 fully saturated rings. The first-order valence-corrected chi connectivity index (χ1v) is 12.3. The topological polar surface area (TPSA) is 105 Å². The van der Waals surface area contributed by atoms with E-state index in [0.29, 0.717) is 54.5 Å². The van der Waals surface area contributed by atoms with E-state index in [1.165, 1.54) is 0 Å². The van der Waals surface area contributed by atoms with Crippen molar-refractivity contribution in [2.75, 3.05) is 26.2 Å². The third kappa shape index (κ3) is 5.73. The minimum Gasteiger partial charge on any atom is -0.478 e. The van der Waals surface area contributed by atoms with Gasteiger partial charge >= 0.3 is 5.97 Å². The van der Waals surface area contributed by atoms with Crippen LogP contribution in [-0.4, -0.2) is 64.1 Å². The number of benzene rings is 1. The third-order valence-electron chi connectivity index (χ3n) is 6.25. The smallest absolute Gasteiger partial charge is 0.338 e. The Hall–Kier alpha value is -3.33. The fourth-order valence-corrected chi connectivity index (χ4v) is 4.68. The summed E-state index contributed by atoms with van der Waals surface area (Å²) in [5.41, 5.74) is 2.85. The normalized spacial score (nSPS) is 15.6. The molecule has 188 valence electrons. The van der Waals surface area contributed by atoms with Gasteiger partial charge in [0.2, 0.25) is 0 Å². The van der Waals surface area contributed by atoms with Crippen LogP contribution in [0.5, 0.6) is 0 Å². The number of carbonyl (C=O) groups excluding carboxylic acids is 1. The summed E-state index contributed by atoms with van der Waals surface area (Å²) in [4.78, 5) is 36.9. The number of aromatic nitrogens is 2. The average Bonchev–Trinajstić information content (AvgIpc) is 2.86. The van der Waals surface area contributed by atoms with Gasteiger partial charge in [-0.3, -0.25) is 14.8 Å². The summed E-state index contributed by atoms with van der Waals surface area (Å²) in [7, 11) is 0. The van der Waals surface area contributed by atoms with E-state index in [2.05, 4.69) is 15.3 Å². The molecule has 0 bridgehead atoms. The van der Waals surface area contributed by atoms with E-state index in [4.69, 9.17) is 16.3 Å². The van der Waals surface area contributed by atoms with Gasteiger partial charge in [0, 0.05) is 48.7 Å². The van der Waals surface area contributed by atoms with Crippen molar-refractivity contribution in [3.8, 4) is 11.1 Å². The maximum absolute atomic E-state index is 13.8. The fraction of sp³-hybridized carbons (Fsp3) is 0.333. The molecule has 2 aromatic heterocycles. The molecular formula is C27H29ClN4O4. The summed E-state index contributed by atoms with van der Waals surface area (Å²) in [5.74, 6) is -1.42. The van der Waals surface area contributed by atoms with Gasteiger partial charge in [0.1, 0.15) is 0 Å². The number of nitrogens with zero attached hydrogens (tertiary/aromatic N) is 3. The van der Waals surface area contributed by atoms with Crippen LogP contribution in [0, 0.1) is 6.92 Å². The van der Waals surface area contributed by atoms with Crippen molar-refractivity contribution in [2.24, 2.45) is 0 Å². The lowest BCUT2D eigenvalue weighted by molar-refractivity contribution is 0.0654. The Morgan fingerprint density at radius 3 is 2.78 bits per heavy atom. The summed E-state index contributed by atoms with van der Waals surface area (Å²) in [6.45, 7) is 5.93. The van der Waals surface area contributed by atoms with Gasteiger partial charge in [-0.25, -0.2) is 4.79 Å². The number of halogens is 1. The molecule has 1 aliphatic rings. The van der Waals surface area contributed by atoms with Crippen molar-refractivity contribution in [2.45, 2.75) is 32.9 Å². The number of pyridine rings is 2. The lowest BCUT2D eigenvalue weighted by atomic mass is 9.91. The zero-order valence-corrected chi connectivity index (χ0v) is 21.1. The number of nitrogens with one attached hydrogen (secondary N) is 1. The molecule has 9 heteroatoms. The van der Waals surface area contributed by atoms with E-state index in [1.807, 2.05) is 19.1 Å². The number of ether oxygens (including phenoxy) is 1. The largest absolute Gasteiger partial charge is 0.478 e. The highest BCUT2D eigenvalue weighted by molar-refractivity contribution is 6.31. The van der Waals surface area contributed by atoms with Crippen LogP contribution in [-0.2, 0) is 17.8 Å². The molecule has 3 aromatic rings. The minimum absolute atomic E-state index is 0.00515. The Morgan fingerprint density at radius 1 is 1.25 bits per heavy atom. The van der Waals surface area contributed by atoms with Gasteiger partial charge in [-0.1, -0.05) is 29.8 Å². The number of amides is 1. The molecule has 2 N–H and O–H groups in total. The van der Waals surface area contributed by atoms with Gasteiger partial charge in [-0.05, 0) is 49.6 Å². The molecule has 36 heavy (non-hydrogen) atoms. The minimum atomic E-state index is -1.18. The van der Waals surface area contributed by atoms with Crippen molar-refractivity contribution >= 4 is 23.5 Å². The van der Waals surface area contributed by atoms with Crippen molar-refractivity contribution in [1.82, 2.24) is 20.2 Å².